The number of benzene rings is 6. The number of para-hydroxylation sites is 1. The molecule has 228 valence electrons. The summed E-state index contributed by atoms with van der Waals surface area (Å²) in [6.07, 6.45) is 1.52. The fourth-order valence-electron chi connectivity index (χ4n) is 5.02. The van der Waals surface area contributed by atoms with Crippen LogP contribution in [0.1, 0.15) is 27.0 Å². The highest BCUT2D eigenvalue weighted by molar-refractivity contribution is 7.92. The van der Waals surface area contributed by atoms with Gasteiger partial charge >= 0.3 is 0 Å². The van der Waals surface area contributed by atoms with Gasteiger partial charge in [0.25, 0.3) is 15.9 Å². The molecule has 0 fully saturated rings. The summed E-state index contributed by atoms with van der Waals surface area (Å²) in [6.45, 7) is 0.482. The van der Waals surface area contributed by atoms with Crippen molar-refractivity contribution in [3.63, 3.8) is 0 Å². The van der Waals surface area contributed by atoms with Crippen LogP contribution in [0.25, 0.3) is 10.8 Å². The van der Waals surface area contributed by atoms with E-state index in [-0.39, 0.29) is 22.7 Å². The lowest BCUT2D eigenvalue weighted by Crippen LogP contribution is -2.33. The van der Waals surface area contributed by atoms with Gasteiger partial charge in [-0.3, -0.25) is 9.10 Å². The average Bonchev–Trinajstić information content (AvgIpc) is 3.11. The van der Waals surface area contributed by atoms with Crippen LogP contribution >= 0.6 is 0 Å². The number of hydrogen-bond acceptors (Lipinski definition) is 5. The van der Waals surface area contributed by atoms with Crippen LogP contribution in [0.15, 0.2) is 162 Å². The zero-order valence-corrected chi connectivity index (χ0v) is 25.7. The maximum atomic E-state index is 13.9. The SMILES string of the molecule is O=C(N/N=C\c1ccc(OCc2ccc3ccccc3c2)cc1)c1ccccc1N(Cc1ccccc1)S(=O)(=O)c1ccccc1. The van der Waals surface area contributed by atoms with Crippen molar-refractivity contribution in [3.8, 4) is 5.75 Å². The van der Waals surface area contributed by atoms with Crippen molar-refractivity contribution in [2.45, 2.75) is 18.0 Å². The Kier molecular flexibility index (Phi) is 9.17. The Morgan fingerprint density at radius 1 is 0.696 bits per heavy atom. The van der Waals surface area contributed by atoms with Crippen LogP contribution in [0.2, 0.25) is 0 Å². The van der Waals surface area contributed by atoms with Crippen molar-refractivity contribution in [2.75, 3.05) is 4.31 Å². The number of hydrazone groups is 1. The van der Waals surface area contributed by atoms with Crippen LogP contribution in [-0.4, -0.2) is 20.5 Å². The first-order chi connectivity index (χ1) is 22.5. The van der Waals surface area contributed by atoms with Gasteiger partial charge in [0.15, 0.2) is 0 Å². The monoisotopic (exact) mass is 625 g/mol. The van der Waals surface area contributed by atoms with Gasteiger partial charge in [-0.2, -0.15) is 5.10 Å². The second kappa shape index (κ2) is 13.9. The molecule has 0 atom stereocenters. The minimum atomic E-state index is -4.01. The molecule has 0 bridgehead atoms. The first kappa shape index (κ1) is 30.3. The topological polar surface area (TPSA) is 88.1 Å². The van der Waals surface area contributed by atoms with Crippen molar-refractivity contribution >= 4 is 38.6 Å². The molecule has 0 aliphatic rings. The number of hydrogen-bond donors (Lipinski definition) is 1. The number of nitrogens with zero attached hydrogens (tertiary/aromatic N) is 2. The summed E-state index contributed by atoms with van der Waals surface area (Å²) in [6, 6.07) is 45.9. The lowest BCUT2D eigenvalue weighted by molar-refractivity contribution is 0.0955. The maximum absolute atomic E-state index is 13.9. The van der Waals surface area contributed by atoms with Crippen molar-refractivity contribution in [1.29, 1.82) is 0 Å². The van der Waals surface area contributed by atoms with Gasteiger partial charge in [-0.15, -0.1) is 0 Å². The number of sulfonamides is 1. The zero-order chi connectivity index (χ0) is 31.8. The summed E-state index contributed by atoms with van der Waals surface area (Å²) in [7, 11) is -4.01. The number of carbonyl (C=O) groups excluding carboxylic acids is 1. The minimum Gasteiger partial charge on any atom is -0.489 e. The van der Waals surface area contributed by atoms with E-state index in [2.05, 4.69) is 40.9 Å². The smallest absolute Gasteiger partial charge is 0.273 e. The third-order valence-corrected chi connectivity index (χ3v) is 9.17. The summed E-state index contributed by atoms with van der Waals surface area (Å²) in [5.74, 6) is 0.171. The molecule has 46 heavy (non-hydrogen) atoms. The van der Waals surface area contributed by atoms with E-state index in [0.717, 1.165) is 16.7 Å². The van der Waals surface area contributed by atoms with Gasteiger partial charge in [0.05, 0.1) is 28.9 Å². The number of anilines is 1. The van der Waals surface area contributed by atoms with Crippen LogP contribution < -0.4 is 14.5 Å². The number of amides is 1. The molecule has 7 nitrogen and oxygen atoms in total. The molecular weight excluding hydrogens is 595 g/mol. The Labute approximate surface area is 268 Å². The fraction of sp³-hybridized carbons (Fsp3) is 0.0526. The zero-order valence-electron chi connectivity index (χ0n) is 24.9. The number of rotatable bonds is 11. The lowest BCUT2D eigenvalue weighted by Gasteiger charge is -2.26. The molecule has 0 unspecified atom stereocenters. The van der Waals surface area contributed by atoms with E-state index in [1.54, 1.807) is 54.6 Å². The van der Waals surface area contributed by atoms with E-state index in [4.69, 9.17) is 4.74 Å². The minimum absolute atomic E-state index is 0.0426. The molecule has 6 aromatic rings. The highest BCUT2D eigenvalue weighted by atomic mass is 32.2. The summed E-state index contributed by atoms with van der Waals surface area (Å²) in [5.41, 5.74) is 5.58. The Morgan fingerprint density at radius 3 is 2.11 bits per heavy atom. The predicted octanol–water partition coefficient (Wildman–Crippen LogP) is 7.58. The standard InChI is InChI=1S/C38H31N3O4S/c42-38(40-39-26-29-20-23-34(24-21-29)45-28-31-19-22-32-13-7-8-14-33(32)25-31)36-17-9-10-18-37(36)41(27-30-11-3-1-4-12-30)46(43,44)35-15-5-2-6-16-35/h1-26H,27-28H2,(H,40,42)/b39-26-. The Morgan fingerprint density at radius 2 is 1.35 bits per heavy atom. The van der Waals surface area contributed by atoms with Gasteiger partial charge in [0.2, 0.25) is 0 Å². The molecule has 0 aliphatic carbocycles. The van der Waals surface area contributed by atoms with Crippen LogP contribution in [0.4, 0.5) is 5.69 Å². The summed E-state index contributed by atoms with van der Waals surface area (Å²) in [4.78, 5) is 13.5. The molecule has 0 aromatic heterocycles. The number of ether oxygens (including phenoxy) is 1. The van der Waals surface area contributed by atoms with E-state index in [0.29, 0.717) is 12.4 Å². The van der Waals surface area contributed by atoms with E-state index in [1.165, 1.54) is 21.3 Å². The molecule has 0 saturated carbocycles. The Balaban J connectivity index is 1.15. The predicted molar refractivity (Wildman–Crippen MR) is 182 cm³/mol. The Hall–Kier alpha value is -5.73. The highest BCUT2D eigenvalue weighted by Gasteiger charge is 2.28. The van der Waals surface area contributed by atoms with Crippen LogP contribution in [-0.2, 0) is 23.2 Å². The van der Waals surface area contributed by atoms with E-state index < -0.39 is 15.9 Å². The van der Waals surface area contributed by atoms with Crippen LogP contribution in [0.5, 0.6) is 5.75 Å². The quantitative estimate of drug-likeness (QED) is 0.119. The van der Waals surface area contributed by atoms with Crippen molar-refractivity contribution < 1.29 is 17.9 Å². The molecule has 0 radical (unpaired) electrons. The molecule has 6 rings (SSSR count). The number of nitrogens with one attached hydrogen (secondary N) is 1. The molecule has 0 aliphatic heterocycles. The van der Waals surface area contributed by atoms with Gasteiger partial charge in [-0.05, 0) is 82.1 Å². The van der Waals surface area contributed by atoms with Crippen LogP contribution in [0, 0.1) is 0 Å². The summed E-state index contributed by atoms with van der Waals surface area (Å²) >= 11 is 0. The highest BCUT2D eigenvalue weighted by Crippen LogP contribution is 2.29. The first-order valence-corrected chi connectivity index (χ1v) is 16.2. The van der Waals surface area contributed by atoms with Gasteiger partial charge in [0, 0.05) is 0 Å². The Bertz CT molecular complexity index is 2080. The molecule has 1 N–H and O–H groups in total. The van der Waals surface area contributed by atoms with Gasteiger partial charge in [0.1, 0.15) is 12.4 Å². The van der Waals surface area contributed by atoms with Crippen molar-refractivity contribution in [1.82, 2.24) is 5.43 Å². The molecule has 8 heteroatoms. The molecular formula is C38H31N3O4S. The molecule has 6 aromatic carbocycles. The summed E-state index contributed by atoms with van der Waals surface area (Å²) in [5, 5.41) is 6.50. The second-order valence-electron chi connectivity index (χ2n) is 10.6. The lowest BCUT2D eigenvalue weighted by atomic mass is 10.1. The molecule has 0 spiro atoms. The fourth-order valence-corrected chi connectivity index (χ4v) is 6.52. The number of carbonyl (C=O) groups is 1. The van der Waals surface area contributed by atoms with E-state index in [1.807, 2.05) is 66.7 Å². The largest absolute Gasteiger partial charge is 0.489 e. The van der Waals surface area contributed by atoms with Gasteiger partial charge in [-0.25, -0.2) is 13.8 Å². The second-order valence-corrected chi connectivity index (χ2v) is 12.4. The number of fused-ring (bicyclic) bond motifs is 1. The third-order valence-electron chi connectivity index (χ3n) is 7.40. The molecule has 0 saturated heterocycles. The molecule has 1 amide bonds. The van der Waals surface area contributed by atoms with Crippen LogP contribution in [0.3, 0.4) is 0 Å². The van der Waals surface area contributed by atoms with E-state index >= 15 is 0 Å². The molecule has 0 heterocycles. The normalized spacial score (nSPS) is 11.4. The average molecular weight is 626 g/mol. The maximum Gasteiger partial charge on any atom is 0.273 e. The van der Waals surface area contributed by atoms with Gasteiger partial charge < -0.3 is 4.74 Å². The van der Waals surface area contributed by atoms with Crippen molar-refractivity contribution in [3.05, 3.63) is 174 Å². The van der Waals surface area contributed by atoms with Gasteiger partial charge in [-0.1, -0.05) is 97.1 Å². The summed E-state index contributed by atoms with van der Waals surface area (Å²) < 4.78 is 35.0. The van der Waals surface area contributed by atoms with E-state index in [9.17, 15) is 13.2 Å². The third kappa shape index (κ3) is 7.14. The van der Waals surface area contributed by atoms with Crippen molar-refractivity contribution in [2.24, 2.45) is 5.10 Å². The first-order valence-electron chi connectivity index (χ1n) is 14.7.